The summed E-state index contributed by atoms with van der Waals surface area (Å²) in [5.74, 6) is 1.83. The third kappa shape index (κ3) is 4.93. The van der Waals surface area contributed by atoms with Gasteiger partial charge < -0.3 is 29.0 Å². The molecule has 2 aliphatic rings. The Morgan fingerprint density at radius 3 is 2.56 bits per heavy atom. The first-order valence-electron chi connectivity index (χ1n) is 12.9. The van der Waals surface area contributed by atoms with E-state index in [4.69, 9.17) is 26.4 Å². The highest BCUT2D eigenvalue weighted by Crippen LogP contribution is 2.45. The molecule has 2 aromatic carbocycles. The summed E-state index contributed by atoms with van der Waals surface area (Å²) in [4.78, 5) is 6.66. The molecule has 10 nitrogen and oxygen atoms in total. The van der Waals surface area contributed by atoms with Crippen LogP contribution in [0.15, 0.2) is 66.9 Å². The van der Waals surface area contributed by atoms with Crippen molar-refractivity contribution in [1.82, 2.24) is 14.9 Å². The molecule has 1 fully saturated rings. The van der Waals surface area contributed by atoms with Gasteiger partial charge in [0.25, 0.3) is 0 Å². The number of pyridine rings is 1. The number of fused-ring (bicyclic) bond motifs is 1. The Balaban J connectivity index is 1.50. The Morgan fingerprint density at radius 1 is 1.05 bits per heavy atom. The fourth-order valence-corrected chi connectivity index (χ4v) is 6.49. The Bertz CT molecular complexity index is 1760. The zero-order valence-electron chi connectivity index (χ0n) is 22.9. The van der Waals surface area contributed by atoms with Crippen molar-refractivity contribution in [2.24, 2.45) is 0 Å². The molecule has 0 spiro atoms. The minimum Gasteiger partial charge on any atom is -0.495 e. The third-order valence-corrected chi connectivity index (χ3v) is 8.16. The normalized spacial score (nSPS) is 18.0. The molecule has 212 valence electrons. The summed E-state index contributed by atoms with van der Waals surface area (Å²) in [5.41, 5.74) is 5.89. The Morgan fingerprint density at radius 2 is 1.83 bits per heavy atom. The van der Waals surface area contributed by atoms with Crippen LogP contribution >= 0.6 is 12.2 Å². The van der Waals surface area contributed by atoms with Gasteiger partial charge >= 0.3 is 0 Å². The van der Waals surface area contributed by atoms with E-state index in [9.17, 15) is 8.42 Å². The average Bonchev–Trinajstić information content (AvgIpc) is 3.62. The smallest absolute Gasteiger partial charge is 0.231 e. The van der Waals surface area contributed by atoms with Crippen molar-refractivity contribution < 1.29 is 22.6 Å². The van der Waals surface area contributed by atoms with Crippen LogP contribution in [0.5, 0.6) is 17.2 Å². The zero-order valence-corrected chi connectivity index (χ0v) is 24.5. The molecule has 12 heteroatoms. The molecule has 2 atom stereocenters. The molecule has 0 saturated carbocycles. The number of ether oxygens (including phenoxy) is 3. The van der Waals surface area contributed by atoms with Crippen LogP contribution in [-0.2, 0) is 10.0 Å². The molecule has 2 N–H and O–H groups in total. The molecular formula is C29H29N5O5S2. The summed E-state index contributed by atoms with van der Waals surface area (Å²) >= 11 is 5.90. The van der Waals surface area contributed by atoms with Gasteiger partial charge in [-0.05, 0) is 80.2 Å². The average molecular weight is 592 g/mol. The standard InChI is InChI=1S/C29H29N5O5S2/c1-17-13-21(18(2)33(17)20-9-11-25-26(15-20)39-16-38-25)28-27(22-7-5-6-12-30-22)31-29(40)34(28)19-8-10-24(37-3)23(14-19)32-41(4,35)36/h5-15,27-28,32H,16H2,1-4H3,(H,31,40)/t27-,28-/m0/s1. The van der Waals surface area contributed by atoms with Crippen molar-refractivity contribution in [1.29, 1.82) is 0 Å². The lowest BCUT2D eigenvalue weighted by Crippen LogP contribution is -2.29. The summed E-state index contributed by atoms with van der Waals surface area (Å²) in [5, 5.41) is 3.97. The van der Waals surface area contributed by atoms with Crippen LogP contribution in [0.4, 0.5) is 11.4 Å². The van der Waals surface area contributed by atoms with Crippen LogP contribution in [0.2, 0.25) is 0 Å². The number of rotatable bonds is 7. The number of anilines is 2. The SMILES string of the molecule is COc1ccc(N2C(=S)N[C@@H](c3ccccn3)[C@@H]2c2cc(C)n(-c3ccc4c(c3)OCO4)c2C)cc1NS(C)(=O)=O. The summed E-state index contributed by atoms with van der Waals surface area (Å²) < 4.78 is 45.6. The summed E-state index contributed by atoms with van der Waals surface area (Å²) in [7, 11) is -2.06. The predicted molar refractivity (Wildman–Crippen MR) is 161 cm³/mol. The van der Waals surface area contributed by atoms with Crippen LogP contribution in [0.25, 0.3) is 5.69 Å². The van der Waals surface area contributed by atoms with E-state index in [1.54, 1.807) is 18.3 Å². The van der Waals surface area contributed by atoms with Gasteiger partial charge in [-0.2, -0.15) is 0 Å². The van der Waals surface area contributed by atoms with Crippen LogP contribution < -0.4 is 29.1 Å². The van der Waals surface area contributed by atoms with E-state index < -0.39 is 10.0 Å². The van der Waals surface area contributed by atoms with E-state index in [2.05, 4.69) is 39.5 Å². The van der Waals surface area contributed by atoms with Crippen LogP contribution in [-0.4, -0.2) is 43.2 Å². The molecule has 41 heavy (non-hydrogen) atoms. The van der Waals surface area contributed by atoms with E-state index in [1.807, 2.05) is 47.4 Å². The van der Waals surface area contributed by atoms with Crippen molar-refractivity contribution in [2.45, 2.75) is 25.9 Å². The number of thiocarbonyl (C=S) groups is 1. The minimum atomic E-state index is -3.56. The molecule has 1 saturated heterocycles. The van der Waals surface area contributed by atoms with Crippen LogP contribution in [0.1, 0.15) is 34.7 Å². The summed E-state index contributed by atoms with van der Waals surface area (Å²) in [6, 6.07) is 18.6. The van der Waals surface area contributed by atoms with Gasteiger partial charge in [-0.1, -0.05) is 6.07 Å². The fourth-order valence-electron chi connectivity index (χ4n) is 5.58. The van der Waals surface area contributed by atoms with Crippen LogP contribution in [0.3, 0.4) is 0 Å². The first kappa shape index (κ1) is 26.9. The lowest BCUT2D eigenvalue weighted by Gasteiger charge is -2.29. The molecule has 0 bridgehead atoms. The topological polar surface area (TPSA) is 107 Å². The first-order chi connectivity index (χ1) is 19.6. The minimum absolute atomic E-state index is 0.206. The maximum atomic E-state index is 12.1. The van der Waals surface area contributed by atoms with Crippen molar-refractivity contribution >= 4 is 38.7 Å². The highest BCUT2D eigenvalue weighted by Gasteiger charge is 2.42. The predicted octanol–water partition coefficient (Wildman–Crippen LogP) is 4.78. The van der Waals surface area contributed by atoms with E-state index in [-0.39, 0.29) is 18.9 Å². The van der Waals surface area contributed by atoms with Gasteiger partial charge in [0, 0.05) is 35.0 Å². The second kappa shape index (κ2) is 10.3. The van der Waals surface area contributed by atoms with Gasteiger partial charge in [-0.25, -0.2) is 8.42 Å². The number of methoxy groups -OCH3 is 1. The number of hydrogen-bond donors (Lipinski definition) is 2. The van der Waals surface area contributed by atoms with Crippen molar-refractivity contribution in [3.8, 4) is 22.9 Å². The molecule has 0 aliphatic carbocycles. The third-order valence-electron chi connectivity index (χ3n) is 7.26. The lowest BCUT2D eigenvalue weighted by molar-refractivity contribution is 0.174. The number of hydrogen-bond acceptors (Lipinski definition) is 7. The van der Waals surface area contributed by atoms with Crippen molar-refractivity contribution in [2.75, 3.05) is 29.8 Å². The summed E-state index contributed by atoms with van der Waals surface area (Å²) in [6.07, 6.45) is 2.86. The number of nitrogens with zero attached hydrogens (tertiary/aromatic N) is 3. The number of aryl methyl sites for hydroxylation is 1. The Kier molecular flexibility index (Phi) is 6.74. The van der Waals surface area contributed by atoms with Gasteiger partial charge in [-0.15, -0.1) is 0 Å². The monoisotopic (exact) mass is 591 g/mol. The molecule has 4 heterocycles. The Labute approximate surface area is 243 Å². The Hall–Kier alpha value is -4.29. The molecule has 2 aromatic heterocycles. The largest absolute Gasteiger partial charge is 0.495 e. The van der Waals surface area contributed by atoms with E-state index in [0.29, 0.717) is 28.0 Å². The van der Waals surface area contributed by atoms with Gasteiger partial charge in [0.1, 0.15) is 5.75 Å². The highest BCUT2D eigenvalue weighted by atomic mass is 32.2. The number of benzene rings is 2. The molecule has 0 radical (unpaired) electrons. The van der Waals surface area contributed by atoms with Gasteiger partial charge in [0.15, 0.2) is 16.6 Å². The second-order valence-corrected chi connectivity index (χ2v) is 12.1. The van der Waals surface area contributed by atoms with Gasteiger partial charge in [0.05, 0.1) is 36.8 Å². The van der Waals surface area contributed by atoms with Gasteiger partial charge in [0.2, 0.25) is 16.8 Å². The van der Waals surface area contributed by atoms with E-state index in [1.165, 1.54) is 7.11 Å². The molecule has 0 unspecified atom stereocenters. The van der Waals surface area contributed by atoms with E-state index >= 15 is 0 Å². The molecule has 4 aromatic rings. The fraction of sp³-hybridized carbons (Fsp3) is 0.241. The van der Waals surface area contributed by atoms with Crippen molar-refractivity contribution in [3.63, 3.8) is 0 Å². The number of nitrogens with one attached hydrogen (secondary N) is 2. The van der Waals surface area contributed by atoms with Crippen LogP contribution in [0, 0.1) is 13.8 Å². The molecular weight excluding hydrogens is 562 g/mol. The second-order valence-electron chi connectivity index (χ2n) is 9.95. The lowest BCUT2D eigenvalue weighted by atomic mass is 9.96. The quantitative estimate of drug-likeness (QED) is 0.294. The molecule has 6 rings (SSSR count). The summed E-state index contributed by atoms with van der Waals surface area (Å²) in [6.45, 7) is 4.34. The molecule has 2 aliphatic heterocycles. The van der Waals surface area contributed by atoms with E-state index in [0.717, 1.165) is 40.3 Å². The number of sulfonamides is 1. The molecule has 0 amide bonds. The highest BCUT2D eigenvalue weighted by molar-refractivity contribution is 7.92. The first-order valence-corrected chi connectivity index (χ1v) is 15.2. The number of aromatic nitrogens is 2. The van der Waals surface area contributed by atoms with Crippen molar-refractivity contribution in [3.05, 3.63) is 89.5 Å². The van der Waals surface area contributed by atoms with Gasteiger partial charge in [-0.3, -0.25) is 9.71 Å². The zero-order chi connectivity index (χ0) is 28.9. The maximum absolute atomic E-state index is 12.1. The maximum Gasteiger partial charge on any atom is 0.231 e.